The van der Waals surface area contributed by atoms with Crippen molar-refractivity contribution in [2.45, 2.75) is 0 Å². The average molecular weight is 200 g/mol. The van der Waals surface area contributed by atoms with Crippen LogP contribution in [0.4, 0.5) is 0 Å². The zero-order valence-corrected chi connectivity index (χ0v) is 5.99. The molecule has 4 nitrogen and oxygen atoms in total. The van der Waals surface area contributed by atoms with E-state index in [9.17, 15) is 0 Å². The Kier molecular flexibility index (Phi) is 9310. The van der Waals surface area contributed by atoms with Crippen molar-refractivity contribution >= 4 is 13.5 Å². The topological polar surface area (TPSA) is 128 Å². The van der Waals surface area contributed by atoms with Gasteiger partial charge >= 0.3 is 0 Å². The molecule has 0 saturated heterocycles. The van der Waals surface area contributed by atoms with E-state index in [1.807, 2.05) is 0 Å². The van der Waals surface area contributed by atoms with Crippen LogP contribution in [0.2, 0.25) is 0 Å². The zero-order chi connectivity index (χ0) is 0. The molecule has 0 heterocycles. The van der Waals surface area contributed by atoms with Gasteiger partial charge in [0.1, 0.15) is 0 Å². The van der Waals surface area contributed by atoms with Crippen LogP contribution in [0.25, 0.3) is 6.15 Å². The molecule has 0 radical (unpaired) electrons. The fourth-order valence-electron chi connectivity index (χ4n) is 0. The number of nitrogens with two attached hydrogens (primary N) is 1. The fourth-order valence-corrected chi connectivity index (χ4v) is 0. The molecule has 0 spiro atoms. The van der Waals surface area contributed by atoms with E-state index in [1.54, 1.807) is 0 Å². The van der Waals surface area contributed by atoms with Gasteiger partial charge in [-0.05, 0) is 0 Å². The molecule has 0 aromatic rings. The van der Waals surface area contributed by atoms with Crippen molar-refractivity contribution in [1.82, 2.24) is 0 Å². The van der Waals surface area contributed by atoms with E-state index >= 15 is 0 Å². The van der Waals surface area contributed by atoms with E-state index < -0.39 is 0 Å². The van der Waals surface area contributed by atoms with Gasteiger partial charge in [0.05, 0.1) is 0 Å². The molecule has 0 aliphatic rings. The SMILES string of the molecule is O.O.O.S.[Mo].[NH2-]. The third-order valence-electron chi connectivity index (χ3n) is 0. The van der Waals surface area contributed by atoms with Crippen LogP contribution in [0.15, 0.2) is 0 Å². The van der Waals surface area contributed by atoms with Gasteiger partial charge in [0, 0.05) is 21.1 Å². The predicted octanol–water partition coefficient (Wildman–Crippen LogP) is -1.65. The zero-order valence-electron chi connectivity index (χ0n) is 2.99. The summed E-state index contributed by atoms with van der Waals surface area (Å²) in [7, 11) is 0. The van der Waals surface area contributed by atoms with E-state index in [1.165, 1.54) is 0 Å². The summed E-state index contributed by atoms with van der Waals surface area (Å²) in [6, 6.07) is 0. The fraction of sp³-hybridized carbons (Fsp3) is 0. The van der Waals surface area contributed by atoms with Crippen LogP contribution in [-0.4, -0.2) is 16.4 Å². The Labute approximate surface area is 57.5 Å². The van der Waals surface area contributed by atoms with Crippen molar-refractivity contribution in [3.63, 3.8) is 0 Å². The Hall–Kier alpha value is 0.878. The summed E-state index contributed by atoms with van der Waals surface area (Å²) in [6.07, 6.45) is 0. The van der Waals surface area contributed by atoms with Gasteiger partial charge in [0.25, 0.3) is 0 Å². The molecule has 0 saturated carbocycles. The van der Waals surface area contributed by atoms with E-state index in [4.69, 9.17) is 0 Å². The van der Waals surface area contributed by atoms with Gasteiger partial charge in [-0.3, -0.25) is 0 Å². The Morgan fingerprint density at radius 2 is 0.667 bits per heavy atom. The molecule has 6 heteroatoms. The molecule has 6 heavy (non-hydrogen) atoms. The Balaban J connectivity index is 0. The van der Waals surface area contributed by atoms with Gasteiger partial charge in [-0.1, -0.05) is 0 Å². The summed E-state index contributed by atoms with van der Waals surface area (Å²) in [5.74, 6) is 0. The first kappa shape index (κ1) is 308. The molecule has 0 aromatic heterocycles. The maximum atomic E-state index is 0. The normalized spacial score (nSPS) is 0. The summed E-state index contributed by atoms with van der Waals surface area (Å²) in [4.78, 5) is 0. The summed E-state index contributed by atoms with van der Waals surface area (Å²) >= 11 is 0. The molecule has 0 aliphatic carbocycles. The Morgan fingerprint density at radius 3 is 0.667 bits per heavy atom. The molecular formula is H10MoNO3S-. The van der Waals surface area contributed by atoms with Crippen molar-refractivity contribution in [2.24, 2.45) is 0 Å². The first-order chi connectivity index (χ1) is 0. The van der Waals surface area contributed by atoms with Gasteiger partial charge in [0.2, 0.25) is 0 Å². The first-order valence-corrected chi connectivity index (χ1v) is 0. The van der Waals surface area contributed by atoms with Crippen molar-refractivity contribution in [1.29, 1.82) is 0 Å². The monoisotopic (exact) mass is 202 g/mol. The van der Waals surface area contributed by atoms with E-state index in [0.717, 1.165) is 0 Å². The second-order valence-corrected chi connectivity index (χ2v) is 0. The molecule has 0 fully saturated rings. The van der Waals surface area contributed by atoms with Crippen LogP contribution in [-0.2, 0) is 21.1 Å². The second kappa shape index (κ2) is 181. The van der Waals surface area contributed by atoms with Gasteiger partial charge < -0.3 is 22.6 Å². The number of hydrogen-bond donors (Lipinski definition) is 0. The van der Waals surface area contributed by atoms with Crippen LogP contribution in [0.1, 0.15) is 0 Å². The molecular weight excluding hydrogens is 190 g/mol. The smallest absolute Gasteiger partial charge is 0 e. The summed E-state index contributed by atoms with van der Waals surface area (Å²) in [5, 5.41) is 0. The standard InChI is InChI=1S/Mo.H2N.3H2O.H2S/h;5*1H2/q;-1;;;;. The number of rotatable bonds is 0. The van der Waals surface area contributed by atoms with Crippen molar-refractivity contribution < 1.29 is 37.5 Å². The number of hydrogen-bond acceptors (Lipinski definition) is 0. The quantitative estimate of drug-likeness (QED) is 0.415. The first-order valence-electron chi connectivity index (χ1n) is 0. The van der Waals surface area contributed by atoms with Crippen LogP contribution in [0.3, 0.4) is 0 Å². The second-order valence-electron chi connectivity index (χ2n) is 0. The van der Waals surface area contributed by atoms with Crippen LogP contribution in [0, 0.1) is 0 Å². The molecule has 8 N–H and O–H groups in total. The van der Waals surface area contributed by atoms with Crippen LogP contribution in [0.5, 0.6) is 0 Å². The molecule has 0 aliphatic heterocycles. The summed E-state index contributed by atoms with van der Waals surface area (Å²) in [5.41, 5.74) is 0. The van der Waals surface area contributed by atoms with E-state index in [-0.39, 0.29) is 57.1 Å². The molecule has 0 amide bonds. The minimum atomic E-state index is 0. The average Bonchev–Trinajstić information content (AvgIpc) is 0. The minimum absolute atomic E-state index is 0. The van der Waals surface area contributed by atoms with Crippen molar-refractivity contribution in [3.05, 3.63) is 6.15 Å². The van der Waals surface area contributed by atoms with Gasteiger partial charge in [-0.2, -0.15) is 13.5 Å². The third kappa shape index (κ3) is 95.1. The Morgan fingerprint density at radius 1 is 0.667 bits per heavy atom. The molecule has 0 atom stereocenters. The maximum Gasteiger partial charge on any atom is 0 e. The van der Waals surface area contributed by atoms with Crippen LogP contribution >= 0.6 is 13.5 Å². The van der Waals surface area contributed by atoms with Crippen molar-refractivity contribution in [3.8, 4) is 0 Å². The third-order valence-corrected chi connectivity index (χ3v) is 0. The van der Waals surface area contributed by atoms with E-state index in [2.05, 4.69) is 0 Å². The van der Waals surface area contributed by atoms with E-state index in [0.29, 0.717) is 0 Å². The molecule has 0 unspecified atom stereocenters. The van der Waals surface area contributed by atoms with Gasteiger partial charge in [-0.25, -0.2) is 0 Å². The summed E-state index contributed by atoms with van der Waals surface area (Å²) in [6.45, 7) is 0. The van der Waals surface area contributed by atoms with Crippen molar-refractivity contribution in [2.75, 3.05) is 0 Å². The molecule has 0 aromatic carbocycles. The van der Waals surface area contributed by atoms with Gasteiger partial charge in [0.15, 0.2) is 0 Å². The summed E-state index contributed by atoms with van der Waals surface area (Å²) < 4.78 is 0. The minimum Gasteiger partial charge on any atom is -0.693 e. The molecule has 0 rings (SSSR count). The Bertz CT molecular complexity index is 10.8. The molecule has 0 bridgehead atoms. The predicted molar refractivity (Wildman–Crippen MR) is 26.5 cm³/mol. The van der Waals surface area contributed by atoms with Crippen LogP contribution < -0.4 is 0 Å². The maximum absolute atomic E-state index is 0. The molecule has 46 valence electrons. The van der Waals surface area contributed by atoms with Gasteiger partial charge in [-0.15, -0.1) is 0 Å². The largest absolute Gasteiger partial charge is 0.693 e.